The maximum Gasteiger partial charge on any atom is 0.472 e. The highest BCUT2D eigenvalue weighted by Gasteiger charge is 2.27. The highest BCUT2D eigenvalue weighted by molar-refractivity contribution is 7.47. The monoisotopic (exact) mass is 712 g/mol. The summed E-state index contributed by atoms with van der Waals surface area (Å²) in [5, 5.41) is 18.2. The van der Waals surface area contributed by atoms with E-state index in [1.54, 1.807) is 0 Å². The van der Waals surface area contributed by atoms with Gasteiger partial charge in [-0.25, -0.2) is 4.57 Å². The Kier molecular flexibility index (Phi) is 32.5. The van der Waals surface area contributed by atoms with E-state index in [-0.39, 0.29) is 19.4 Å². The van der Waals surface area contributed by atoms with Crippen LogP contribution in [0.5, 0.6) is 0 Å². The van der Waals surface area contributed by atoms with Crippen LogP contribution in [0, 0.1) is 0 Å². The van der Waals surface area contributed by atoms with Gasteiger partial charge in [-0.1, -0.05) is 107 Å². The van der Waals surface area contributed by atoms with Crippen LogP contribution in [0.3, 0.4) is 0 Å². The lowest BCUT2D eigenvalue weighted by molar-refractivity contribution is -0.161. The van der Waals surface area contributed by atoms with Gasteiger partial charge >= 0.3 is 19.8 Å². The summed E-state index contributed by atoms with van der Waals surface area (Å²) in [6.07, 6.45) is 34.9. The van der Waals surface area contributed by atoms with E-state index in [1.807, 2.05) is 0 Å². The molecule has 0 aromatic rings. The summed E-state index contributed by atoms with van der Waals surface area (Å²) in [6, 6.07) is 0. The van der Waals surface area contributed by atoms with Crippen molar-refractivity contribution >= 4 is 19.8 Å². The van der Waals surface area contributed by atoms with Gasteiger partial charge in [0.2, 0.25) is 0 Å². The third-order valence-corrected chi connectivity index (χ3v) is 8.11. The number of hydrogen-bond acceptors (Lipinski definition) is 9. The average Bonchev–Trinajstić information content (AvgIpc) is 3.09. The smallest absolute Gasteiger partial charge is 0.462 e. The molecular weight excluding hydrogens is 647 g/mol. The summed E-state index contributed by atoms with van der Waals surface area (Å²) in [5.74, 6) is -0.994. The minimum absolute atomic E-state index is 0.127. The molecule has 11 heteroatoms. The van der Waals surface area contributed by atoms with Gasteiger partial charge in [-0.2, -0.15) is 0 Å². The van der Waals surface area contributed by atoms with Crippen molar-refractivity contribution in [3.05, 3.63) is 60.8 Å². The maximum atomic E-state index is 12.5. The van der Waals surface area contributed by atoms with Crippen molar-refractivity contribution in [3.8, 4) is 0 Å². The zero-order valence-electron chi connectivity index (χ0n) is 30.1. The zero-order chi connectivity index (χ0) is 36.3. The number of aliphatic hydroxyl groups is 2. The van der Waals surface area contributed by atoms with Gasteiger partial charge in [0, 0.05) is 12.8 Å². The third kappa shape index (κ3) is 33.9. The number of ether oxygens (including phenoxy) is 2. The first kappa shape index (κ1) is 46.7. The maximum absolute atomic E-state index is 12.5. The minimum Gasteiger partial charge on any atom is -0.462 e. The van der Waals surface area contributed by atoms with Gasteiger partial charge in [-0.05, 0) is 70.6 Å². The van der Waals surface area contributed by atoms with Crippen molar-refractivity contribution in [1.29, 1.82) is 0 Å². The standard InChI is InChI=1S/C38H65O10P/c1-3-5-7-9-11-13-15-16-17-18-20-22-24-26-28-30-38(42)48-36(34-47-49(43,44)46-32-35(40)31-39)33-45-37(41)29-27-25-23-21-19-14-12-10-8-6-4-2/h5,7,10-13,16-17,20,22,35-36,39-40H,3-4,6,8-9,14-15,18-19,21,23-34H2,1-2H3,(H,43,44)/b7-5+,12-10+,13-11+,17-16+,22-20+/t35-,36+/m0/s1. The van der Waals surface area contributed by atoms with Gasteiger partial charge in [-0.15, -0.1) is 0 Å². The normalized spacial score (nSPS) is 14.8. The molecule has 49 heavy (non-hydrogen) atoms. The van der Waals surface area contributed by atoms with E-state index in [0.29, 0.717) is 12.8 Å². The predicted molar refractivity (Wildman–Crippen MR) is 196 cm³/mol. The molecule has 0 aromatic carbocycles. The first-order chi connectivity index (χ1) is 23.7. The van der Waals surface area contributed by atoms with Crippen molar-refractivity contribution in [2.24, 2.45) is 0 Å². The minimum atomic E-state index is -4.62. The predicted octanol–water partition coefficient (Wildman–Crippen LogP) is 8.77. The molecule has 0 heterocycles. The third-order valence-electron chi connectivity index (χ3n) is 7.16. The van der Waals surface area contributed by atoms with Crippen molar-refractivity contribution in [2.75, 3.05) is 26.4 Å². The van der Waals surface area contributed by atoms with Crippen LogP contribution in [0.2, 0.25) is 0 Å². The summed E-state index contributed by atoms with van der Waals surface area (Å²) in [6.45, 7) is 2.13. The van der Waals surface area contributed by atoms with Crippen molar-refractivity contribution in [3.63, 3.8) is 0 Å². The number of allylic oxidation sites excluding steroid dienone is 10. The fourth-order valence-corrected chi connectivity index (χ4v) is 5.10. The lowest BCUT2D eigenvalue weighted by Crippen LogP contribution is -2.29. The van der Waals surface area contributed by atoms with E-state index in [2.05, 4.69) is 79.1 Å². The molecule has 282 valence electrons. The summed E-state index contributed by atoms with van der Waals surface area (Å²) < 4.78 is 32.5. The van der Waals surface area contributed by atoms with Gasteiger partial charge in [0.25, 0.3) is 0 Å². The quantitative estimate of drug-likeness (QED) is 0.0261. The lowest BCUT2D eigenvalue weighted by Gasteiger charge is -2.20. The fraction of sp³-hybridized carbons (Fsp3) is 0.684. The Bertz CT molecular complexity index is 1000. The van der Waals surface area contributed by atoms with Gasteiger partial charge in [0.05, 0.1) is 19.8 Å². The van der Waals surface area contributed by atoms with E-state index >= 15 is 0 Å². The number of carbonyl (C=O) groups is 2. The van der Waals surface area contributed by atoms with Crippen LogP contribution in [0.4, 0.5) is 0 Å². The fourth-order valence-electron chi connectivity index (χ4n) is 4.32. The highest BCUT2D eigenvalue weighted by Crippen LogP contribution is 2.43. The molecule has 10 nitrogen and oxygen atoms in total. The Morgan fingerprint density at radius 1 is 0.633 bits per heavy atom. The first-order valence-electron chi connectivity index (χ1n) is 18.2. The molecular formula is C38H65O10P. The molecule has 0 bridgehead atoms. The molecule has 0 spiro atoms. The average molecular weight is 713 g/mol. The highest BCUT2D eigenvalue weighted by atomic mass is 31.2. The van der Waals surface area contributed by atoms with Gasteiger partial charge in [0.1, 0.15) is 12.7 Å². The summed E-state index contributed by atoms with van der Waals surface area (Å²) in [4.78, 5) is 34.7. The Hall–Kier alpha value is -2.33. The van der Waals surface area contributed by atoms with Crippen LogP contribution < -0.4 is 0 Å². The zero-order valence-corrected chi connectivity index (χ0v) is 31.0. The van der Waals surface area contributed by atoms with Gasteiger partial charge < -0.3 is 24.6 Å². The van der Waals surface area contributed by atoms with E-state index in [9.17, 15) is 24.2 Å². The van der Waals surface area contributed by atoms with Gasteiger partial charge in [-0.3, -0.25) is 18.6 Å². The number of phosphoric ester groups is 1. The molecule has 3 atom stereocenters. The van der Waals surface area contributed by atoms with Crippen molar-refractivity contribution < 1.29 is 47.8 Å². The number of esters is 2. The largest absolute Gasteiger partial charge is 0.472 e. The molecule has 0 aliphatic carbocycles. The van der Waals surface area contributed by atoms with Crippen LogP contribution in [0.15, 0.2) is 60.8 Å². The van der Waals surface area contributed by atoms with E-state index in [1.165, 1.54) is 12.8 Å². The molecule has 0 saturated carbocycles. The number of rotatable bonds is 33. The first-order valence-corrected chi connectivity index (χ1v) is 19.7. The van der Waals surface area contributed by atoms with E-state index in [0.717, 1.165) is 77.0 Å². The Morgan fingerprint density at radius 3 is 1.76 bits per heavy atom. The van der Waals surface area contributed by atoms with Crippen LogP contribution in [-0.4, -0.2) is 65.7 Å². The number of phosphoric acid groups is 1. The molecule has 1 unspecified atom stereocenters. The van der Waals surface area contributed by atoms with E-state index in [4.69, 9.17) is 19.1 Å². The van der Waals surface area contributed by atoms with Crippen molar-refractivity contribution in [2.45, 2.75) is 142 Å². The topological polar surface area (TPSA) is 149 Å². The molecule has 3 N–H and O–H groups in total. The molecule has 0 aliphatic rings. The molecule has 0 rings (SSSR count). The molecule has 0 aromatic heterocycles. The molecule has 0 aliphatic heterocycles. The van der Waals surface area contributed by atoms with Crippen LogP contribution >= 0.6 is 7.82 Å². The van der Waals surface area contributed by atoms with Crippen LogP contribution in [0.25, 0.3) is 0 Å². The molecule has 0 saturated heterocycles. The SMILES string of the molecule is CC/C=C/C/C=C/C/C=C/C/C=C/CCCCC(=O)O[C@H](COC(=O)CCCCCCC/C=C/CCCC)COP(=O)(O)OC[C@@H](O)CO. The number of unbranched alkanes of at least 4 members (excludes halogenated alkanes) is 9. The Labute approximate surface area is 296 Å². The molecule has 0 fully saturated rings. The van der Waals surface area contributed by atoms with E-state index < -0.39 is 51.8 Å². The van der Waals surface area contributed by atoms with Crippen molar-refractivity contribution in [1.82, 2.24) is 0 Å². The molecule has 0 radical (unpaired) electrons. The number of hydrogen-bond donors (Lipinski definition) is 3. The molecule has 0 amide bonds. The second-order valence-electron chi connectivity index (χ2n) is 11.9. The summed E-state index contributed by atoms with van der Waals surface area (Å²) >= 11 is 0. The van der Waals surface area contributed by atoms with Crippen LogP contribution in [0.1, 0.15) is 129 Å². The lowest BCUT2D eigenvalue weighted by atomic mass is 10.1. The Morgan fingerprint density at radius 2 is 1.12 bits per heavy atom. The second-order valence-corrected chi connectivity index (χ2v) is 13.3. The van der Waals surface area contributed by atoms with Crippen LogP contribution in [-0.2, 0) is 32.7 Å². The summed E-state index contributed by atoms with van der Waals surface area (Å²) in [5.41, 5.74) is 0. The number of aliphatic hydroxyl groups excluding tert-OH is 2. The Balaban J connectivity index is 4.50. The van der Waals surface area contributed by atoms with Gasteiger partial charge in [0.15, 0.2) is 6.10 Å². The summed E-state index contributed by atoms with van der Waals surface area (Å²) in [7, 11) is -4.62. The second kappa shape index (κ2) is 34.1. The number of carbonyl (C=O) groups excluding carboxylic acids is 2.